The Bertz CT molecular complexity index is 247. The Morgan fingerprint density at radius 1 is 1.47 bits per heavy atom. The van der Waals surface area contributed by atoms with Gasteiger partial charge in [0.1, 0.15) is 6.10 Å². The first-order chi connectivity index (χ1) is 7.18. The van der Waals surface area contributed by atoms with E-state index in [1.165, 1.54) is 19.3 Å². The molecule has 0 bridgehead atoms. The lowest BCUT2D eigenvalue weighted by molar-refractivity contribution is -0.0804. The molecule has 2 aliphatic rings. The van der Waals surface area contributed by atoms with Crippen LogP contribution >= 0.6 is 0 Å². The first kappa shape index (κ1) is 10.7. The van der Waals surface area contributed by atoms with Gasteiger partial charge in [-0.05, 0) is 19.8 Å². The SMILES string of the molecule is CC1(OCC2CN=C(N)O2)CCCCC1. The minimum Gasteiger partial charge on any atom is -0.458 e. The van der Waals surface area contributed by atoms with E-state index in [2.05, 4.69) is 11.9 Å². The van der Waals surface area contributed by atoms with E-state index in [-0.39, 0.29) is 11.7 Å². The summed E-state index contributed by atoms with van der Waals surface area (Å²) >= 11 is 0. The summed E-state index contributed by atoms with van der Waals surface area (Å²) < 4.78 is 11.2. The van der Waals surface area contributed by atoms with Crippen LogP contribution in [-0.4, -0.2) is 30.9 Å². The molecule has 0 aromatic heterocycles. The Morgan fingerprint density at radius 3 is 2.80 bits per heavy atom. The smallest absolute Gasteiger partial charge is 0.282 e. The standard InChI is InChI=1S/C11H20N2O2/c1-11(5-3-2-4-6-11)14-8-9-7-13-10(12)15-9/h9H,2-8H2,1H3,(H2,12,13). The van der Waals surface area contributed by atoms with Crippen molar-refractivity contribution in [1.82, 2.24) is 0 Å². The molecule has 1 fully saturated rings. The van der Waals surface area contributed by atoms with Crippen LogP contribution in [0.25, 0.3) is 0 Å². The van der Waals surface area contributed by atoms with Gasteiger partial charge in [-0.1, -0.05) is 19.3 Å². The zero-order valence-corrected chi connectivity index (χ0v) is 9.37. The molecule has 1 aliphatic carbocycles. The molecule has 1 atom stereocenters. The van der Waals surface area contributed by atoms with Crippen LogP contribution in [0.1, 0.15) is 39.0 Å². The molecule has 1 unspecified atom stereocenters. The summed E-state index contributed by atoms with van der Waals surface area (Å²) in [7, 11) is 0. The molecule has 0 amide bonds. The maximum atomic E-state index is 5.95. The summed E-state index contributed by atoms with van der Waals surface area (Å²) in [5.41, 5.74) is 5.49. The van der Waals surface area contributed by atoms with Crippen LogP contribution in [0.5, 0.6) is 0 Å². The second-order valence-electron chi connectivity index (χ2n) is 4.74. The number of hydrogen-bond acceptors (Lipinski definition) is 4. The van der Waals surface area contributed by atoms with Gasteiger partial charge in [0.25, 0.3) is 6.02 Å². The van der Waals surface area contributed by atoms with Gasteiger partial charge >= 0.3 is 0 Å². The summed E-state index contributed by atoms with van der Waals surface area (Å²) in [4.78, 5) is 4.00. The number of hydrogen-bond donors (Lipinski definition) is 1. The highest BCUT2D eigenvalue weighted by atomic mass is 16.6. The lowest BCUT2D eigenvalue weighted by atomic mass is 9.86. The molecule has 0 aromatic rings. The first-order valence-electron chi connectivity index (χ1n) is 5.78. The van der Waals surface area contributed by atoms with Gasteiger partial charge in [-0.3, -0.25) is 0 Å². The lowest BCUT2D eigenvalue weighted by Crippen LogP contribution is -2.35. The Kier molecular flexibility index (Phi) is 3.14. The van der Waals surface area contributed by atoms with Gasteiger partial charge in [0.2, 0.25) is 0 Å². The molecular formula is C11H20N2O2. The number of nitrogens with zero attached hydrogens (tertiary/aromatic N) is 1. The molecule has 0 saturated heterocycles. The molecule has 4 heteroatoms. The normalized spacial score (nSPS) is 29.7. The van der Waals surface area contributed by atoms with Crippen LogP contribution in [0, 0.1) is 0 Å². The van der Waals surface area contributed by atoms with Gasteiger partial charge in [0.15, 0.2) is 0 Å². The van der Waals surface area contributed by atoms with Crippen LogP contribution in [-0.2, 0) is 9.47 Å². The predicted molar refractivity (Wildman–Crippen MR) is 58.8 cm³/mol. The van der Waals surface area contributed by atoms with E-state index >= 15 is 0 Å². The number of amidine groups is 1. The molecular weight excluding hydrogens is 192 g/mol. The summed E-state index contributed by atoms with van der Waals surface area (Å²) in [5.74, 6) is 0. The summed E-state index contributed by atoms with van der Waals surface area (Å²) in [6.07, 6.45) is 6.26. The third-order valence-electron chi connectivity index (χ3n) is 3.27. The Labute approximate surface area is 90.8 Å². The van der Waals surface area contributed by atoms with Gasteiger partial charge in [-0.25, -0.2) is 4.99 Å². The Morgan fingerprint density at radius 2 is 2.20 bits per heavy atom. The van der Waals surface area contributed by atoms with Crippen LogP contribution < -0.4 is 5.73 Å². The largest absolute Gasteiger partial charge is 0.458 e. The molecule has 0 spiro atoms. The fraction of sp³-hybridized carbons (Fsp3) is 0.909. The van der Waals surface area contributed by atoms with Crippen LogP contribution in [0.4, 0.5) is 0 Å². The molecule has 0 aromatic carbocycles. The second-order valence-corrected chi connectivity index (χ2v) is 4.74. The highest BCUT2D eigenvalue weighted by molar-refractivity contribution is 5.72. The zero-order chi connectivity index (χ0) is 10.7. The van der Waals surface area contributed by atoms with Crippen LogP contribution in [0.3, 0.4) is 0 Å². The fourth-order valence-corrected chi connectivity index (χ4v) is 2.26. The van der Waals surface area contributed by atoms with Crippen molar-refractivity contribution < 1.29 is 9.47 Å². The van der Waals surface area contributed by atoms with Crippen LogP contribution in [0.2, 0.25) is 0 Å². The zero-order valence-electron chi connectivity index (χ0n) is 9.37. The van der Waals surface area contributed by atoms with Crippen molar-refractivity contribution in [1.29, 1.82) is 0 Å². The molecule has 15 heavy (non-hydrogen) atoms. The molecule has 4 nitrogen and oxygen atoms in total. The maximum Gasteiger partial charge on any atom is 0.282 e. The summed E-state index contributed by atoms with van der Waals surface area (Å²) in [6, 6.07) is 0.303. The van der Waals surface area contributed by atoms with E-state index in [1.807, 2.05) is 0 Å². The van der Waals surface area contributed by atoms with Crippen molar-refractivity contribution in [2.75, 3.05) is 13.2 Å². The Balaban J connectivity index is 1.73. The van der Waals surface area contributed by atoms with E-state index in [0.717, 1.165) is 12.8 Å². The average molecular weight is 212 g/mol. The molecule has 1 heterocycles. The van der Waals surface area contributed by atoms with Crippen molar-refractivity contribution in [3.8, 4) is 0 Å². The van der Waals surface area contributed by atoms with Crippen molar-refractivity contribution in [2.45, 2.75) is 50.7 Å². The third-order valence-corrected chi connectivity index (χ3v) is 3.27. The second kappa shape index (κ2) is 4.39. The molecule has 2 N–H and O–H groups in total. The summed E-state index contributed by atoms with van der Waals surface area (Å²) in [6.45, 7) is 3.45. The van der Waals surface area contributed by atoms with Gasteiger partial charge < -0.3 is 15.2 Å². The number of rotatable bonds is 3. The van der Waals surface area contributed by atoms with Crippen molar-refractivity contribution in [2.24, 2.45) is 10.7 Å². The number of aliphatic imine (C=N–C) groups is 1. The topological polar surface area (TPSA) is 56.8 Å². The fourth-order valence-electron chi connectivity index (χ4n) is 2.26. The van der Waals surface area contributed by atoms with Crippen molar-refractivity contribution in [3.05, 3.63) is 0 Å². The molecule has 0 radical (unpaired) electrons. The van der Waals surface area contributed by atoms with Gasteiger partial charge in [0, 0.05) is 0 Å². The molecule has 1 saturated carbocycles. The number of nitrogens with two attached hydrogens (primary N) is 1. The third kappa shape index (κ3) is 2.84. The minimum absolute atomic E-state index is 0.0313. The predicted octanol–water partition coefficient (Wildman–Crippen LogP) is 1.44. The average Bonchev–Trinajstić information content (AvgIpc) is 2.63. The van der Waals surface area contributed by atoms with Crippen molar-refractivity contribution in [3.63, 3.8) is 0 Å². The van der Waals surface area contributed by atoms with Gasteiger partial charge in [0.05, 0.1) is 18.8 Å². The van der Waals surface area contributed by atoms with Gasteiger partial charge in [-0.15, -0.1) is 0 Å². The van der Waals surface area contributed by atoms with E-state index in [1.54, 1.807) is 0 Å². The highest BCUT2D eigenvalue weighted by Crippen LogP contribution is 2.31. The molecule has 86 valence electrons. The highest BCUT2D eigenvalue weighted by Gasteiger charge is 2.29. The molecule has 2 rings (SSSR count). The summed E-state index contributed by atoms with van der Waals surface area (Å²) in [5, 5.41) is 0. The molecule has 1 aliphatic heterocycles. The monoisotopic (exact) mass is 212 g/mol. The van der Waals surface area contributed by atoms with Crippen LogP contribution in [0.15, 0.2) is 4.99 Å². The van der Waals surface area contributed by atoms with E-state index in [4.69, 9.17) is 15.2 Å². The van der Waals surface area contributed by atoms with E-state index in [9.17, 15) is 0 Å². The number of ether oxygens (including phenoxy) is 2. The van der Waals surface area contributed by atoms with E-state index in [0.29, 0.717) is 19.2 Å². The van der Waals surface area contributed by atoms with E-state index < -0.39 is 0 Å². The maximum absolute atomic E-state index is 5.95. The minimum atomic E-state index is 0.0313. The lowest BCUT2D eigenvalue weighted by Gasteiger charge is -2.34. The quantitative estimate of drug-likeness (QED) is 0.770. The van der Waals surface area contributed by atoms with Gasteiger partial charge in [-0.2, -0.15) is 0 Å². The first-order valence-corrected chi connectivity index (χ1v) is 5.78. The van der Waals surface area contributed by atoms with Crippen molar-refractivity contribution >= 4 is 6.02 Å². The Hall–Kier alpha value is -0.770.